The van der Waals surface area contributed by atoms with Gasteiger partial charge in [0.05, 0.1) is 22.8 Å². The number of amides is 1. The van der Waals surface area contributed by atoms with Crippen molar-refractivity contribution >= 4 is 22.6 Å². The van der Waals surface area contributed by atoms with Crippen LogP contribution in [0.25, 0.3) is 22.4 Å². The maximum atomic E-state index is 13.8. The molecule has 0 aliphatic carbocycles. The van der Waals surface area contributed by atoms with Crippen LogP contribution in [0.2, 0.25) is 0 Å². The molecule has 0 aliphatic heterocycles. The summed E-state index contributed by atoms with van der Waals surface area (Å²) in [6.07, 6.45) is 1.88. The molecule has 7 nitrogen and oxygen atoms in total. The summed E-state index contributed by atoms with van der Waals surface area (Å²) < 4.78 is 19.3. The molecule has 0 bridgehead atoms. The maximum absolute atomic E-state index is 13.8. The van der Waals surface area contributed by atoms with Crippen LogP contribution in [0.15, 0.2) is 57.9 Å². The van der Waals surface area contributed by atoms with Crippen molar-refractivity contribution in [3.8, 4) is 11.3 Å². The van der Waals surface area contributed by atoms with E-state index in [2.05, 4.69) is 20.3 Å². The summed E-state index contributed by atoms with van der Waals surface area (Å²) in [7, 11) is 0. The molecule has 1 amide bonds. The van der Waals surface area contributed by atoms with Crippen molar-refractivity contribution in [3.63, 3.8) is 0 Å². The Labute approximate surface area is 152 Å². The van der Waals surface area contributed by atoms with E-state index >= 15 is 0 Å². The smallest absolute Gasteiger partial charge is 0.323 e. The van der Waals surface area contributed by atoms with E-state index in [9.17, 15) is 14.0 Å². The number of aromatic nitrogens is 3. The molecule has 136 valence electrons. The molecule has 0 aliphatic rings. The molecule has 0 saturated carbocycles. The molecule has 0 saturated heterocycles. The molecule has 2 aromatic heterocycles. The van der Waals surface area contributed by atoms with Gasteiger partial charge in [-0.3, -0.25) is 4.79 Å². The van der Waals surface area contributed by atoms with Gasteiger partial charge in [-0.2, -0.15) is 0 Å². The minimum absolute atomic E-state index is 0.152. The predicted octanol–water partition coefficient (Wildman–Crippen LogP) is 3.22. The summed E-state index contributed by atoms with van der Waals surface area (Å²) in [6.45, 7) is 0. The van der Waals surface area contributed by atoms with E-state index in [4.69, 9.17) is 4.42 Å². The van der Waals surface area contributed by atoms with Crippen LogP contribution in [-0.4, -0.2) is 20.9 Å². The topological polar surface area (TPSA) is 104 Å². The SMILES string of the molecule is O=C(CCc1ncc(-c2ccccc2F)o1)Nc1ccc2[nH]c(=O)[nH]c2c1. The number of carbonyl (C=O) groups is 1. The molecule has 0 unspecified atom stereocenters. The van der Waals surface area contributed by atoms with Crippen LogP contribution in [0, 0.1) is 5.82 Å². The fourth-order valence-corrected chi connectivity index (χ4v) is 2.77. The Morgan fingerprint density at radius 3 is 2.81 bits per heavy atom. The number of anilines is 1. The van der Waals surface area contributed by atoms with Gasteiger partial charge in [-0.05, 0) is 30.3 Å². The highest BCUT2D eigenvalue weighted by Crippen LogP contribution is 2.23. The van der Waals surface area contributed by atoms with Gasteiger partial charge in [0.15, 0.2) is 11.7 Å². The van der Waals surface area contributed by atoms with Crippen LogP contribution in [0.1, 0.15) is 12.3 Å². The lowest BCUT2D eigenvalue weighted by molar-refractivity contribution is -0.116. The summed E-state index contributed by atoms with van der Waals surface area (Å²) in [5.74, 6) is 0.0631. The van der Waals surface area contributed by atoms with Crippen molar-refractivity contribution in [1.82, 2.24) is 15.0 Å². The van der Waals surface area contributed by atoms with Gasteiger partial charge in [-0.1, -0.05) is 12.1 Å². The van der Waals surface area contributed by atoms with Gasteiger partial charge < -0.3 is 19.7 Å². The lowest BCUT2D eigenvalue weighted by atomic mass is 10.2. The molecule has 0 atom stereocenters. The second-order valence-corrected chi connectivity index (χ2v) is 5.99. The number of nitrogens with zero attached hydrogens (tertiary/aromatic N) is 1. The van der Waals surface area contributed by atoms with Crippen molar-refractivity contribution in [1.29, 1.82) is 0 Å². The summed E-state index contributed by atoms with van der Waals surface area (Å²) in [5, 5.41) is 2.76. The van der Waals surface area contributed by atoms with Gasteiger partial charge >= 0.3 is 5.69 Å². The number of oxazole rings is 1. The number of H-pyrrole nitrogens is 2. The third-order valence-corrected chi connectivity index (χ3v) is 4.06. The average molecular weight is 366 g/mol. The van der Waals surface area contributed by atoms with Crippen molar-refractivity contribution in [3.05, 3.63) is 70.9 Å². The van der Waals surface area contributed by atoms with Gasteiger partial charge in [0.25, 0.3) is 0 Å². The van der Waals surface area contributed by atoms with Gasteiger partial charge in [0.2, 0.25) is 5.91 Å². The summed E-state index contributed by atoms with van der Waals surface area (Å²) in [4.78, 5) is 32.8. The van der Waals surface area contributed by atoms with Crippen molar-refractivity contribution in [2.45, 2.75) is 12.8 Å². The number of imidazole rings is 1. The number of hydrogen-bond acceptors (Lipinski definition) is 4. The third-order valence-electron chi connectivity index (χ3n) is 4.06. The Hall–Kier alpha value is -3.68. The molecule has 27 heavy (non-hydrogen) atoms. The zero-order valence-electron chi connectivity index (χ0n) is 14.1. The number of benzene rings is 2. The molecule has 2 heterocycles. The molecular formula is C19H15FN4O3. The molecule has 2 aromatic carbocycles. The van der Waals surface area contributed by atoms with E-state index in [1.54, 1.807) is 36.4 Å². The van der Waals surface area contributed by atoms with E-state index in [0.29, 0.717) is 33.9 Å². The average Bonchev–Trinajstić information content (AvgIpc) is 3.25. The van der Waals surface area contributed by atoms with Crippen molar-refractivity contribution in [2.75, 3.05) is 5.32 Å². The molecular weight excluding hydrogens is 351 g/mol. The lowest BCUT2D eigenvalue weighted by Gasteiger charge is -2.04. The second kappa shape index (κ2) is 6.91. The van der Waals surface area contributed by atoms with E-state index in [1.165, 1.54) is 12.3 Å². The number of aromatic amines is 2. The summed E-state index contributed by atoms with van der Waals surface area (Å²) >= 11 is 0. The first-order valence-corrected chi connectivity index (χ1v) is 8.30. The number of nitrogens with one attached hydrogen (secondary N) is 3. The van der Waals surface area contributed by atoms with E-state index in [1.807, 2.05) is 0 Å². The summed E-state index contributed by atoms with van der Waals surface area (Å²) in [5.41, 5.74) is 1.87. The molecule has 8 heteroatoms. The lowest BCUT2D eigenvalue weighted by Crippen LogP contribution is -2.12. The summed E-state index contributed by atoms with van der Waals surface area (Å²) in [6, 6.07) is 11.3. The van der Waals surface area contributed by atoms with Gasteiger partial charge in [0, 0.05) is 18.5 Å². The zero-order valence-corrected chi connectivity index (χ0v) is 14.1. The van der Waals surface area contributed by atoms with Gasteiger partial charge in [-0.25, -0.2) is 14.2 Å². The molecule has 3 N–H and O–H groups in total. The van der Waals surface area contributed by atoms with Crippen LogP contribution in [-0.2, 0) is 11.2 Å². The first-order chi connectivity index (χ1) is 13.1. The Kier molecular flexibility index (Phi) is 4.29. The first-order valence-electron chi connectivity index (χ1n) is 8.30. The first kappa shape index (κ1) is 16.8. The number of carbonyl (C=O) groups excluding carboxylic acids is 1. The molecule has 0 radical (unpaired) electrons. The number of aryl methyl sites for hydroxylation is 1. The normalized spacial score (nSPS) is 11.0. The second-order valence-electron chi connectivity index (χ2n) is 5.99. The highest BCUT2D eigenvalue weighted by molar-refractivity contribution is 5.93. The van der Waals surface area contributed by atoms with Gasteiger partial charge in [0.1, 0.15) is 5.82 Å². The molecule has 4 rings (SSSR count). The minimum atomic E-state index is -0.392. The Morgan fingerprint density at radius 1 is 1.15 bits per heavy atom. The highest BCUT2D eigenvalue weighted by atomic mass is 19.1. The van der Waals surface area contributed by atoms with Crippen LogP contribution < -0.4 is 11.0 Å². The molecule has 0 spiro atoms. The molecule has 0 fully saturated rings. The largest absolute Gasteiger partial charge is 0.441 e. The van der Waals surface area contributed by atoms with Gasteiger partial charge in [-0.15, -0.1) is 0 Å². The zero-order chi connectivity index (χ0) is 18.8. The number of fused-ring (bicyclic) bond motifs is 1. The Morgan fingerprint density at radius 2 is 1.96 bits per heavy atom. The number of rotatable bonds is 5. The van der Waals surface area contributed by atoms with E-state index in [0.717, 1.165) is 0 Å². The number of halogens is 1. The maximum Gasteiger partial charge on any atom is 0.323 e. The number of hydrogen-bond donors (Lipinski definition) is 3. The minimum Gasteiger partial charge on any atom is -0.441 e. The quantitative estimate of drug-likeness (QED) is 0.504. The fraction of sp³-hybridized carbons (Fsp3) is 0.105. The van der Waals surface area contributed by atoms with Crippen LogP contribution in [0.4, 0.5) is 10.1 Å². The highest BCUT2D eigenvalue weighted by Gasteiger charge is 2.12. The van der Waals surface area contributed by atoms with Crippen LogP contribution >= 0.6 is 0 Å². The fourth-order valence-electron chi connectivity index (χ4n) is 2.77. The Bertz CT molecular complexity index is 1170. The van der Waals surface area contributed by atoms with Crippen molar-refractivity contribution < 1.29 is 13.6 Å². The predicted molar refractivity (Wildman–Crippen MR) is 97.8 cm³/mol. The van der Waals surface area contributed by atoms with Crippen LogP contribution in [0.5, 0.6) is 0 Å². The Balaban J connectivity index is 1.39. The van der Waals surface area contributed by atoms with Crippen LogP contribution in [0.3, 0.4) is 0 Å². The van der Waals surface area contributed by atoms with E-state index < -0.39 is 5.82 Å². The van der Waals surface area contributed by atoms with Crippen molar-refractivity contribution in [2.24, 2.45) is 0 Å². The monoisotopic (exact) mass is 366 g/mol. The standard InChI is InChI=1S/C19H15FN4O3/c20-13-4-2-1-3-12(13)16-10-21-18(27-16)8-7-17(25)22-11-5-6-14-15(9-11)24-19(26)23-14/h1-6,9-10H,7-8H2,(H,22,25)(H2,23,24,26). The molecule has 4 aromatic rings. The third kappa shape index (κ3) is 3.64. The van der Waals surface area contributed by atoms with E-state index in [-0.39, 0.29) is 24.4 Å².